The lowest BCUT2D eigenvalue weighted by Gasteiger charge is -2.05. The fraction of sp³-hybridized carbons (Fsp3) is 0.222. The van der Waals surface area contributed by atoms with Gasteiger partial charge in [0.25, 0.3) is 0 Å². The molecule has 1 heterocycles. The van der Waals surface area contributed by atoms with Crippen LogP contribution < -0.4 is 0 Å². The highest BCUT2D eigenvalue weighted by molar-refractivity contribution is 9.10. The second kappa shape index (κ2) is 3.46. The zero-order valence-corrected chi connectivity index (χ0v) is 8.29. The van der Waals surface area contributed by atoms with E-state index in [1.165, 1.54) is 12.5 Å². The third-order valence-corrected chi connectivity index (χ3v) is 2.54. The van der Waals surface area contributed by atoms with E-state index in [0.717, 1.165) is 5.56 Å². The molecule has 1 atom stereocenters. The molecule has 1 aromatic carbocycles. The van der Waals surface area contributed by atoms with Crippen molar-refractivity contribution in [2.24, 2.45) is 4.99 Å². The molecule has 0 amide bonds. The number of hydrogen-bond donors (Lipinski definition) is 0. The van der Waals surface area contributed by atoms with Gasteiger partial charge in [-0.2, -0.15) is 0 Å². The number of aliphatic imine (C=N–C) groups is 1. The van der Waals surface area contributed by atoms with Crippen LogP contribution in [-0.4, -0.2) is 13.0 Å². The SMILES string of the molecule is Fc1cc(C2COC=N2)ccc1Br. The average molecular weight is 244 g/mol. The highest BCUT2D eigenvalue weighted by atomic mass is 79.9. The van der Waals surface area contributed by atoms with Gasteiger partial charge in [0.05, 0.1) is 4.47 Å². The van der Waals surface area contributed by atoms with Gasteiger partial charge in [-0.1, -0.05) is 6.07 Å². The second-order valence-electron chi connectivity index (χ2n) is 2.78. The molecular weight excluding hydrogens is 237 g/mol. The van der Waals surface area contributed by atoms with Crippen molar-refractivity contribution in [1.29, 1.82) is 0 Å². The third-order valence-electron chi connectivity index (χ3n) is 1.90. The van der Waals surface area contributed by atoms with Crippen molar-refractivity contribution in [3.63, 3.8) is 0 Å². The number of hydrogen-bond acceptors (Lipinski definition) is 2. The van der Waals surface area contributed by atoms with E-state index in [0.29, 0.717) is 11.1 Å². The summed E-state index contributed by atoms with van der Waals surface area (Å²) >= 11 is 3.09. The molecule has 0 aromatic heterocycles. The lowest BCUT2D eigenvalue weighted by Crippen LogP contribution is -1.97. The van der Waals surface area contributed by atoms with Crippen LogP contribution in [0.3, 0.4) is 0 Å². The first-order chi connectivity index (χ1) is 6.27. The molecule has 68 valence electrons. The Balaban J connectivity index is 2.30. The monoisotopic (exact) mass is 243 g/mol. The van der Waals surface area contributed by atoms with Crippen molar-refractivity contribution >= 4 is 22.3 Å². The first-order valence-electron chi connectivity index (χ1n) is 3.85. The Morgan fingerprint density at radius 1 is 1.54 bits per heavy atom. The minimum atomic E-state index is -0.264. The first kappa shape index (κ1) is 8.69. The lowest BCUT2D eigenvalue weighted by molar-refractivity contribution is 0.330. The number of halogens is 2. The van der Waals surface area contributed by atoms with E-state index in [2.05, 4.69) is 20.9 Å². The summed E-state index contributed by atoms with van der Waals surface area (Å²) in [4.78, 5) is 4.05. The van der Waals surface area contributed by atoms with Crippen LogP contribution in [0, 0.1) is 5.82 Å². The molecule has 0 spiro atoms. The minimum Gasteiger partial charge on any atom is -0.481 e. The molecule has 1 unspecified atom stereocenters. The van der Waals surface area contributed by atoms with Crippen LogP contribution in [-0.2, 0) is 4.74 Å². The Morgan fingerprint density at radius 3 is 3.00 bits per heavy atom. The van der Waals surface area contributed by atoms with Gasteiger partial charge in [0.2, 0.25) is 0 Å². The van der Waals surface area contributed by atoms with Gasteiger partial charge in [-0.3, -0.25) is 0 Å². The molecule has 2 rings (SSSR count). The number of rotatable bonds is 1. The smallest absolute Gasteiger partial charge is 0.170 e. The Labute approximate surface area is 83.6 Å². The molecule has 0 bridgehead atoms. The maximum Gasteiger partial charge on any atom is 0.170 e. The number of nitrogens with zero attached hydrogens (tertiary/aromatic N) is 1. The maximum atomic E-state index is 13.1. The van der Waals surface area contributed by atoms with E-state index in [-0.39, 0.29) is 11.9 Å². The van der Waals surface area contributed by atoms with Crippen molar-refractivity contribution in [2.75, 3.05) is 6.61 Å². The zero-order valence-electron chi connectivity index (χ0n) is 6.71. The van der Waals surface area contributed by atoms with E-state index in [1.54, 1.807) is 6.07 Å². The van der Waals surface area contributed by atoms with E-state index < -0.39 is 0 Å². The number of ether oxygens (including phenoxy) is 1. The molecule has 0 saturated heterocycles. The van der Waals surface area contributed by atoms with Crippen molar-refractivity contribution in [2.45, 2.75) is 6.04 Å². The van der Waals surface area contributed by atoms with Gasteiger partial charge in [0.1, 0.15) is 18.5 Å². The Hall–Kier alpha value is -0.900. The quantitative estimate of drug-likeness (QED) is 0.744. The van der Waals surface area contributed by atoms with E-state index in [4.69, 9.17) is 4.74 Å². The van der Waals surface area contributed by atoms with Crippen LogP contribution in [0.15, 0.2) is 27.7 Å². The minimum absolute atomic E-state index is 0.0531. The fourth-order valence-electron chi connectivity index (χ4n) is 1.20. The molecule has 0 N–H and O–H groups in total. The predicted molar refractivity (Wildman–Crippen MR) is 51.3 cm³/mol. The van der Waals surface area contributed by atoms with Crippen molar-refractivity contribution < 1.29 is 9.13 Å². The standard InChI is InChI=1S/C9H7BrFNO/c10-7-2-1-6(3-8(7)11)9-4-13-5-12-9/h1-3,5,9H,4H2. The molecule has 4 heteroatoms. The van der Waals surface area contributed by atoms with Crippen LogP contribution in [0.4, 0.5) is 4.39 Å². The van der Waals surface area contributed by atoms with Gasteiger partial charge in [-0.15, -0.1) is 0 Å². The largest absolute Gasteiger partial charge is 0.481 e. The second-order valence-corrected chi connectivity index (χ2v) is 3.63. The Morgan fingerprint density at radius 2 is 2.38 bits per heavy atom. The van der Waals surface area contributed by atoms with Crippen LogP contribution in [0.1, 0.15) is 11.6 Å². The molecule has 13 heavy (non-hydrogen) atoms. The summed E-state index contributed by atoms with van der Waals surface area (Å²) in [5.41, 5.74) is 0.842. The van der Waals surface area contributed by atoms with Crippen molar-refractivity contribution in [3.05, 3.63) is 34.1 Å². The molecule has 1 aromatic rings. The summed E-state index contributed by atoms with van der Waals surface area (Å²) in [5, 5.41) is 0. The highest BCUT2D eigenvalue weighted by Gasteiger charge is 2.15. The summed E-state index contributed by atoms with van der Waals surface area (Å²) in [5.74, 6) is -0.264. The lowest BCUT2D eigenvalue weighted by atomic mass is 10.1. The van der Waals surface area contributed by atoms with E-state index >= 15 is 0 Å². The topological polar surface area (TPSA) is 21.6 Å². The van der Waals surface area contributed by atoms with E-state index in [9.17, 15) is 4.39 Å². The maximum absolute atomic E-state index is 13.1. The predicted octanol–water partition coefficient (Wildman–Crippen LogP) is 2.69. The highest BCUT2D eigenvalue weighted by Crippen LogP contribution is 2.24. The summed E-state index contributed by atoms with van der Waals surface area (Å²) in [6.45, 7) is 0.501. The number of benzene rings is 1. The Kier molecular flexibility index (Phi) is 2.31. The third kappa shape index (κ3) is 1.72. The molecule has 2 nitrogen and oxygen atoms in total. The molecule has 0 fully saturated rings. The summed E-state index contributed by atoms with van der Waals surface area (Å²) in [6, 6.07) is 4.94. The molecule has 0 radical (unpaired) electrons. The van der Waals surface area contributed by atoms with Gasteiger partial charge in [0.15, 0.2) is 6.40 Å². The van der Waals surface area contributed by atoms with Crippen LogP contribution in [0.2, 0.25) is 0 Å². The van der Waals surface area contributed by atoms with Gasteiger partial charge >= 0.3 is 0 Å². The average Bonchev–Trinajstić information content (AvgIpc) is 2.62. The van der Waals surface area contributed by atoms with Gasteiger partial charge in [-0.25, -0.2) is 9.38 Å². The van der Waals surface area contributed by atoms with Crippen LogP contribution >= 0.6 is 15.9 Å². The molecule has 1 aliphatic rings. The normalized spacial score (nSPS) is 20.3. The van der Waals surface area contributed by atoms with Crippen LogP contribution in [0.5, 0.6) is 0 Å². The van der Waals surface area contributed by atoms with Gasteiger partial charge < -0.3 is 4.74 Å². The molecular formula is C9H7BrFNO. The molecule has 0 aliphatic carbocycles. The summed E-state index contributed by atoms with van der Waals surface area (Å²) < 4.78 is 18.5. The van der Waals surface area contributed by atoms with E-state index in [1.807, 2.05) is 6.07 Å². The Bertz CT molecular complexity index is 353. The van der Waals surface area contributed by atoms with Crippen LogP contribution in [0.25, 0.3) is 0 Å². The zero-order chi connectivity index (χ0) is 9.26. The summed E-state index contributed by atoms with van der Waals surface area (Å²) in [6.07, 6.45) is 1.41. The fourth-order valence-corrected chi connectivity index (χ4v) is 1.44. The summed E-state index contributed by atoms with van der Waals surface area (Å²) in [7, 11) is 0. The van der Waals surface area contributed by atoms with Gasteiger partial charge in [-0.05, 0) is 33.6 Å². The van der Waals surface area contributed by atoms with Gasteiger partial charge in [0, 0.05) is 0 Å². The van der Waals surface area contributed by atoms with Crippen molar-refractivity contribution in [3.8, 4) is 0 Å². The molecule has 1 aliphatic heterocycles. The first-order valence-corrected chi connectivity index (χ1v) is 4.65. The molecule has 0 saturated carbocycles. The van der Waals surface area contributed by atoms with Crippen molar-refractivity contribution in [1.82, 2.24) is 0 Å².